The third-order valence-corrected chi connectivity index (χ3v) is 7.14. The number of carbonyl (C=O) groups excluding carboxylic acids is 2. The van der Waals surface area contributed by atoms with Crippen molar-refractivity contribution in [1.29, 1.82) is 0 Å². The maximum atomic E-state index is 14.0. The number of carbonyl (C=O) groups is 2. The highest BCUT2D eigenvalue weighted by Gasteiger charge is 2.26. The van der Waals surface area contributed by atoms with Crippen LogP contribution in [0.25, 0.3) is 11.0 Å². The van der Waals surface area contributed by atoms with E-state index in [1.165, 1.54) is 12.1 Å². The number of piperidine rings is 1. The van der Waals surface area contributed by atoms with Gasteiger partial charge < -0.3 is 15.2 Å². The van der Waals surface area contributed by atoms with Crippen LogP contribution in [0.1, 0.15) is 39.1 Å². The molecule has 1 fully saturated rings. The van der Waals surface area contributed by atoms with Gasteiger partial charge in [-0.3, -0.25) is 9.59 Å². The Bertz CT molecular complexity index is 1330. The highest BCUT2D eigenvalue weighted by molar-refractivity contribution is 7.98. The number of nitrogens with zero attached hydrogens (tertiary/aromatic N) is 2. The van der Waals surface area contributed by atoms with E-state index in [9.17, 15) is 14.0 Å². The number of nitrogens with one attached hydrogen (secondary N) is 2. The van der Waals surface area contributed by atoms with Crippen LogP contribution in [0.2, 0.25) is 0 Å². The zero-order valence-corrected chi connectivity index (χ0v) is 19.9. The van der Waals surface area contributed by atoms with Crippen molar-refractivity contribution in [3.05, 3.63) is 95.3 Å². The maximum Gasteiger partial charge on any atom is 0.256 e. The molecule has 0 radical (unpaired) electrons. The molecule has 0 atom stereocenters. The van der Waals surface area contributed by atoms with Crippen molar-refractivity contribution in [2.45, 2.75) is 29.8 Å². The molecule has 4 aromatic rings. The summed E-state index contributed by atoms with van der Waals surface area (Å²) < 4.78 is 14.0. The minimum atomic E-state index is -0.509. The first-order valence-corrected chi connectivity index (χ1v) is 12.6. The van der Waals surface area contributed by atoms with Gasteiger partial charge in [-0.05, 0) is 48.7 Å². The highest BCUT2D eigenvalue weighted by atomic mass is 32.2. The number of rotatable bonds is 6. The molecule has 35 heavy (non-hydrogen) atoms. The fourth-order valence-corrected chi connectivity index (χ4v) is 5.20. The van der Waals surface area contributed by atoms with E-state index in [2.05, 4.69) is 15.3 Å². The number of aromatic amines is 1. The third kappa shape index (κ3) is 5.22. The third-order valence-electron chi connectivity index (χ3n) is 6.22. The largest absolute Gasteiger partial charge is 0.349 e. The van der Waals surface area contributed by atoms with Gasteiger partial charge >= 0.3 is 0 Å². The Morgan fingerprint density at radius 1 is 0.971 bits per heavy atom. The topological polar surface area (TPSA) is 78.1 Å². The van der Waals surface area contributed by atoms with E-state index in [0.29, 0.717) is 37.2 Å². The summed E-state index contributed by atoms with van der Waals surface area (Å²) in [6.07, 6.45) is 1.25. The Kier molecular flexibility index (Phi) is 6.81. The molecule has 0 unspecified atom stereocenters. The SMILES string of the molecule is O=C(NC1CCN(C(=O)c2ccccc2F)CC1)c1ccccc1CSc1nc2ccccc2[nH]1. The molecule has 2 amide bonds. The molecule has 5 rings (SSSR count). The summed E-state index contributed by atoms with van der Waals surface area (Å²) in [6, 6.07) is 21.5. The van der Waals surface area contributed by atoms with Crippen LogP contribution in [-0.4, -0.2) is 45.8 Å². The summed E-state index contributed by atoms with van der Waals surface area (Å²) in [5.74, 6) is -0.325. The summed E-state index contributed by atoms with van der Waals surface area (Å²) in [6.45, 7) is 0.948. The molecule has 0 saturated carbocycles. The molecule has 2 heterocycles. The average molecular weight is 489 g/mol. The number of benzene rings is 3. The Balaban J connectivity index is 1.18. The van der Waals surface area contributed by atoms with Crippen molar-refractivity contribution in [1.82, 2.24) is 20.2 Å². The second kappa shape index (κ2) is 10.3. The normalized spacial score (nSPS) is 14.3. The van der Waals surface area contributed by atoms with Crippen molar-refractivity contribution in [3.8, 4) is 0 Å². The number of H-pyrrole nitrogens is 1. The predicted octanol–water partition coefficient (Wildman–Crippen LogP) is 5.03. The van der Waals surface area contributed by atoms with E-state index in [0.717, 1.165) is 21.8 Å². The summed E-state index contributed by atoms with van der Waals surface area (Å²) in [7, 11) is 0. The number of halogens is 1. The second-order valence-corrected chi connectivity index (χ2v) is 9.49. The lowest BCUT2D eigenvalue weighted by Gasteiger charge is -2.32. The molecule has 6 nitrogen and oxygen atoms in total. The van der Waals surface area contributed by atoms with E-state index in [1.807, 2.05) is 48.5 Å². The molecular weight excluding hydrogens is 463 g/mol. The number of fused-ring (bicyclic) bond motifs is 1. The summed E-state index contributed by atoms with van der Waals surface area (Å²) in [5.41, 5.74) is 3.57. The van der Waals surface area contributed by atoms with Crippen molar-refractivity contribution < 1.29 is 14.0 Å². The zero-order valence-electron chi connectivity index (χ0n) is 19.0. The molecule has 1 aliphatic heterocycles. The fraction of sp³-hybridized carbons (Fsp3) is 0.222. The minimum absolute atomic E-state index is 0.0387. The summed E-state index contributed by atoms with van der Waals surface area (Å²) in [4.78, 5) is 35.3. The number of aromatic nitrogens is 2. The molecule has 0 spiro atoms. The van der Waals surface area contributed by atoms with Gasteiger partial charge in [0.15, 0.2) is 5.16 Å². The standard InChI is InChI=1S/C27H25FN4O2S/c28-22-10-4-3-9-21(22)26(34)32-15-13-19(14-16-32)29-25(33)20-8-2-1-7-18(20)17-35-27-30-23-11-5-6-12-24(23)31-27/h1-12,19H,13-17H2,(H,29,33)(H,30,31). The summed E-state index contributed by atoms with van der Waals surface area (Å²) >= 11 is 1.56. The van der Waals surface area contributed by atoms with Gasteiger partial charge in [-0.15, -0.1) is 0 Å². The van der Waals surface area contributed by atoms with Crippen LogP contribution in [-0.2, 0) is 5.75 Å². The van der Waals surface area contributed by atoms with E-state index < -0.39 is 5.82 Å². The number of thioether (sulfide) groups is 1. The number of likely N-dealkylation sites (tertiary alicyclic amines) is 1. The van der Waals surface area contributed by atoms with Crippen LogP contribution in [0.5, 0.6) is 0 Å². The molecule has 8 heteroatoms. The van der Waals surface area contributed by atoms with Crippen molar-refractivity contribution in [2.24, 2.45) is 0 Å². The zero-order chi connectivity index (χ0) is 24.2. The van der Waals surface area contributed by atoms with E-state index in [4.69, 9.17) is 0 Å². The Morgan fingerprint density at radius 3 is 2.43 bits per heavy atom. The van der Waals surface area contributed by atoms with E-state index >= 15 is 0 Å². The first-order valence-electron chi connectivity index (χ1n) is 11.6. The average Bonchev–Trinajstić information content (AvgIpc) is 3.31. The molecule has 1 aromatic heterocycles. The van der Waals surface area contributed by atoms with Gasteiger partial charge in [-0.25, -0.2) is 9.37 Å². The van der Waals surface area contributed by atoms with Gasteiger partial charge in [-0.1, -0.05) is 54.2 Å². The molecule has 0 bridgehead atoms. The highest BCUT2D eigenvalue weighted by Crippen LogP contribution is 2.25. The number of imidazole rings is 1. The molecule has 2 N–H and O–H groups in total. The van der Waals surface area contributed by atoms with Crippen LogP contribution in [0.4, 0.5) is 4.39 Å². The van der Waals surface area contributed by atoms with Crippen LogP contribution >= 0.6 is 11.8 Å². The number of hydrogen-bond donors (Lipinski definition) is 2. The molecule has 1 saturated heterocycles. The van der Waals surface area contributed by atoms with Crippen molar-refractivity contribution >= 4 is 34.6 Å². The molecular formula is C27H25FN4O2S. The monoisotopic (exact) mass is 488 g/mol. The first kappa shape index (κ1) is 23.1. The van der Waals surface area contributed by atoms with Crippen LogP contribution in [0, 0.1) is 5.82 Å². The van der Waals surface area contributed by atoms with Crippen molar-refractivity contribution in [2.75, 3.05) is 13.1 Å². The van der Waals surface area contributed by atoms with Crippen LogP contribution in [0.3, 0.4) is 0 Å². The van der Waals surface area contributed by atoms with Crippen molar-refractivity contribution in [3.63, 3.8) is 0 Å². The van der Waals surface area contributed by atoms with Crippen LogP contribution in [0.15, 0.2) is 78.0 Å². The predicted molar refractivity (Wildman–Crippen MR) is 135 cm³/mol. The lowest BCUT2D eigenvalue weighted by molar-refractivity contribution is 0.0693. The number of hydrogen-bond acceptors (Lipinski definition) is 4. The van der Waals surface area contributed by atoms with E-state index in [-0.39, 0.29) is 23.4 Å². The molecule has 3 aromatic carbocycles. The van der Waals surface area contributed by atoms with E-state index in [1.54, 1.807) is 28.8 Å². The molecule has 178 valence electrons. The molecule has 0 aliphatic carbocycles. The summed E-state index contributed by atoms with van der Waals surface area (Å²) in [5, 5.41) is 3.94. The molecule has 1 aliphatic rings. The number of para-hydroxylation sites is 2. The second-order valence-electron chi connectivity index (χ2n) is 8.52. The minimum Gasteiger partial charge on any atom is -0.349 e. The van der Waals surface area contributed by atoms with Crippen LogP contribution < -0.4 is 5.32 Å². The van der Waals surface area contributed by atoms with Gasteiger partial charge in [0.2, 0.25) is 0 Å². The number of amides is 2. The Labute approximate surface area is 206 Å². The van der Waals surface area contributed by atoms with Gasteiger partial charge in [-0.2, -0.15) is 0 Å². The Morgan fingerprint density at radius 2 is 1.66 bits per heavy atom. The fourth-order valence-electron chi connectivity index (χ4n) is 4.31. The lowest BCUT2D eigenvalue weighted by atomic mass is 10.0. The van der Waals surface area contributed by atoms with Gasteiger partial charge in [0.05, 0.1) is 16.6 Å². The van der Waals surface area contributed by atoms with Gasteiger partial charge in [0, 0.05) is 30.4 Å². The smallest absolute Gasteiger partial charge is 0.256 e. The lowest BCUT2D eigenvalue weighted by Crippen LogP contribution is -2.46. The van der Waals surface area contributed by atoms with Gasteiger partial charge in [0.25, 0.3) is 11.8 Å². The maximum absolute atomic E-state index is 14.0. The Hall–Kier alpha value is -3.65. The first-order chi connectivity index (χ1) is 17.1. The quantitative estimate of drug-likeness (QED) is 0.373. The van der Waals surface area contributed by atoms with Gasteiger partial charge in [0.1, 0.15) is 5.82 Å².